The molecule has 7 aliphatic heterocycles. The number of likely N-dealkylation sites (N-methyl/N-ethyl adjacent to an activating group) is 1. The van der Waals surface area contributed by atoms with E-state index in [4.69, 9.17) is 57.4 Å². The Kier molecular flexibility index (Phi) is 22.2. The smallest absolute Gasteiger partial charge is 0.278 e. The highest BCUT2D eigenvalue weighted by Gasteiger charge is 2.52. The summed E-state index contributed by atoms with van der Waals surface area (Å²) in [6.45, 7) is 5.86. The molecule has 0 saturated carbocycles. The molecule has 2 fully saturated rings. The van der Waals surface area contributed by atoms with Crippen molar-refractivity contribution < 1.29 is 129 Å². The van der Waals surface area contributed by atoms with E-state index in [0.717, 1.165) is 66.7 Å². The second-order valence-corrected chi connectivity index (χ2v) is 26.8. The van der Waals surface area contributed by atoms with Gasteiger partial charge in [-0.2, -0.15) is 0 Å². The molecule has 0 aromatic heterocycles. The summed E-state index contributed by atoms with van der Waals surface area (Å²) < 4.78 is 38.4. The van der Waals surface area contributed by atoms with Crippen LogP contribution in [0.3, 0.4) is 0 Å². The number of phenolic OH excluding ortho intramolecular Hbond substituents is 3. The van der Waals surface area contributed by atoms with Crippen molar-refractivity contribution in [3.8, 4) is 57.1 Å². The van der Waals surface area contributed by atoms with Gasteiger partial charge in [-0.15, -0.1) is 0 Å². The van der Waals surface area contributed by atoms with Crippen LogP contribution < -0.4 is 68.0 Å². The molecule has 7 aliphatic rings. The minimum Gasteiger partial charge on any atom is -0.548 e. The molecule has 0 unspecified atom stereocenters. The minimum atomic E-state index is -2.36. The van der Waals surface area contributed by atoms with Crippen molar-refractivity contribution in [2.24, 2.45) is 11.7 Å². The van der Waals surface area contributed by atoms with E-state index in [1.807, 2.05) is 13.8 Å². The van der Waals surface area contributed by atoms with Crippen LogP contribution in [0.25, 0.3) is 11.1 Å². The zero-order valence-electron chi connectivity index (χ0n) is 54.5. The maximum atomic E-state index is 16.0. The van der Waals surface area contributed by atoms with Gasteiger partial charge in [0.25, 0.3) is 5.91 Å². The van der Waals surface area contributed by atoms with Gasteiger partial charge in [-0.25, -0.2) is 0 Å². The SMILES string of the molecule is C[NH2+][C@H](CC(C)C)C(=O)N[C@H]1C(=O)N[C@@H](CC(N)=O)C(=O)N[C@H]2C(=O)N[C@H]3C(=O)N[C@H](C(=O)N[C@H](C(=O)[O-])c4cc(O)cc(O)c4-c4cc3ccc4O)[C@H](O)c3ccc(c(Cl)c3)Oc3cc2cc(c3O[C@@H]2O[C@H](CO)[C@@H](O)[C@H](O)[C@H]2O[C@H]2C[C@](C)([NH3+])[C@H](O)[C@H](C)O2)Oc2ccc(cc2Cl)[C@H]1O. The third kappa shape index (κ3) is 15.8. The molecule has 18 atom stereocenters. The summed E-state index contributed by atoms with van der Waals surface area (Å²) in [5, 5.41) is 132. The van der Waals surface area contributed by atoms with Crippen molar-refractivity contribution in [1.82, 2.24) is 31.9 Å². The first kappa shape index (κ1) is 74.5. The number of primary amides is 1. The lowest BCUT2D eigenvalue weighted by molar-refractivity contribution is -0.651. The number of aliphatic hydroxyl groups excluding tert-OH is 6. The molecule has 33 nitrogen and oxygen atoms in total. The molecule has 0 spiro atoms. The van der Waals surface area contributed by atoms with Crippen molar-refractivity contribution in [2.75, 3.05) is 13.7 Å². The van der Waals surface area contributed by atoms with Crippen LogP contribution in [0.4, 0.5) is 0 Å². The van der Waals surface area contributed by atoms with Crippen LogP contribution in [0.15, 0.2) is 78.9 Å². The maximum Gasteiger partial charge on any atom is 0.278 e. The lowest BCUT2D eigenvalue weighted by atomic mass is 9.86. The van der Waals surface area contributed by atoms with Crippen LogP contribution in [0, 0.1) is 5.92 Å². The normalized spacial score (nSPS) is 29.4. The van der Waals surface area contributed by atoms with E-state index in [1.54, 1.807) is 19.3 Å². The lowest BCUT2D eigenvalue weighted by Gasteiger charge is -2.45. The first-order valence-electron chi connectivity index (χ1n) is 31.8. The van der Waals surface area contributed by atoms with E-state index < -0.39 is 237 Å². The number of ether oxygens (including phenoxy) is 6. The Hall–Kier alpha value is -9.20. The monoisotopic (exact) mass is 1450 g/mol. The third-order valence-corrected chi connectivity index (χ3v) is 18.5. The number of aliphatic carboxylic acids is 1. The van der Waals surface area contributed by atoms with Crippen LogP contribution in [0.1, 0.15) is 105 Å². The number of fused-ring (bicyclic) bond motifs is 15. The Morgan fingerprint density at radius 2 is 1.35 bits per heavy atom. The molecular formula is C66H76Cl2N9O24+. The molecule has 101 heavy (non-hydrogen) atoms. The first-order valence-corrected chi connectivity index (χ1v) is 32.5. The van der Waals surface area contributed by atoms with E-state index in [9.17, 15) is 75.0 Å². The zero-order valence-corrected chi connectivity index (χ0v) is 56.0. The van der Waals surface area contributed by atoms with Crippen LogP contribution in [-0.4, -0.2) is 186 Å². The topological polar surface area (TPSA) is 540 Å². The number of carboxylic acids is 1. The van der Waals surface area contributed by atoms with Crippen LogP contribution >= 0.6 is 23.2 Å². The average Bonchev–Trinajstić information content (AvgIpc) is 0.775. The van der Waals surface area contributed by atoms with Crippen molar-refractivity contribution in [1.29, 1.82) is 0 Å². The van der Waals surface area contributed by atoms with Crippen molar-refractivity contribution >= 4 is 70.5 Å². The molecule has 5 aromatic rings. The van der Waals surface area contributed by atoms with Crippen molar-refractivity contribution in [3.05, 3.63) is 117 Å². The highest BCUT2D eigenvalue weighted by molar-refractivity contribution is 6.32. The summed E-state index contributed by atoms with van der Waals surface area (Å²) >= 11 is 14.1. The molecule has 0 radical (unpaired) electrons. The van der Waals surface area contributed by atoms with Crippen molar-refractivity contribution in [3.63, 3.8) is 0 Å². The highest BCUT2D eigenvalue weighted by Crippen LogP contribution is 2.50. The summed E-state index contributed by atoms with van der Waals surface area (Å²) in [5.74, 6) is -16.2. The second kappa shape index (κ2) is 30.2. The fourth-order valence-electron chi connectivity index (χ4n) is 12.6. The lowest BCUT2D eigenvalue weighted by Crippen LogP contribution is -2.89. The quantitative estimate of drug-likeness (QED) is 0.0560. The Morgan fingerprint density at radius 3 is 1.93 bits per heavy atom. The fourth-order valence-corrected chi connectivity index (χ4v) is 13.1. The molecule has 22 N–H and O–H groups in total. The summed E-state index contributed by atoms with van der Waals surface area (Å²) in [6, 6.07) is -0.718. The number of benzene rings is 5. The van der Waals surface area contributed by atoms with Crippen molar-refractivity contribution in [2.45, 2.75) is 156 Å². The summed E-state index contributed by atoms with van der Waals surface area (Å²) in [6.07, 6.45) is -18.1. The van der Waals surface area contributed by atoms with Gasteiger partial charge in [0.1, 0.15) is 101 Å². The molecule has 542 valence electrons. The molecule has 7 heterocycles. The molecule has 12 rings (SSSR count). The van der Waals surface area contributed by atoms with E-state index in [-0.39, 0.29) is 46.2 Å². The summed E-state index contributed by atoms with van der Waals surface area (Å²) in [7, 11) is 1.60. The van der Waals surface area contributed by atoms with Gasteiger partial charge < -0.3 is 133 Å². The number of quaternary nitrogens is 2. The number of carbonyl (C=O) groups is 8. The van der Waals surface area contributed by atoms with Gasteiger partial charge >= 0.3 is 0 Å². The van der Waals surface area contributed by atoms with E-state index >= 15 is 14.4 Å². The van der Waals surface area contributed by atoms with Gasteiger partial charge in [0.15, 0.2) is 29.9 Å². The number of amides is 7. The molecular weight excluding hydrogens is 1370 g/mol. The van der Waals surface area contributed by atoms with Crippen LogP contribution in [0.5, 0.6) is 46.0 Å². The zero-order chi connectivity index (χ0) is 73.5. The Balaban J connectivity index is 1.24. The fraction of sp³-hybridized carbons (Fsp3) is 0.424. The minimum absolute atomic E-state index is 0.0661. The van der Waals surface area contributed by atoms with Gasteiger partial charge in [0, 0.05) is 23.6 Å². The highest BCUT2D eigenvalue weighted by atomic mass is 35.5. The number of hydrogen-bond acceptors (Lipinski definition) is 24. The third-order valence-electron chi connectivity index (χ3n) is 17.9. The standard InChI is InChI=1S/C66H75Cl2N9O24/c1-23(2)12-34(71-5)58(88)76-49-51(83)26-7-10-38(32(67)14-26)97-40-16-28-17-41(55(40)101-65-56(54(86)53(85)42(22-78)99-65)100-44-21-66(4,70)57(87)24(3)96-44)98-39-11-8-27(15-33(39)68)52(84)50-63(93)75-48(64(94)95)31-18-29(79)19-37(81)45(31)30-13-25(6-9-36(30)80)46(60(90)77-50)74-61(91)47(28)73-59(89)35(20-43(69)82)72-62(49)92/h6-11,13-19,23-24,34-35,42,44,46-54,56-57,65,71,78-81,83-87H,12,20-22,70H2,1-5H3,(H2,69,82)(H,72,92)(H,73,89)(H,74,91)(H,75,93)(H,76,88)(H,77,90)(H,94,95)/p+1/t24-,34+,35-,42+,44-,46+,47+,48-,49+,50-,51+,52+,53+,54-,56+,57+,65-,66-/m0/s1. The summed E-state index contributed by atoms with van der Waals surface area (Å²) in [4.78, 5) is 117. The average molecular weight is 1450 g/mol. The van der Waals surface area contributed by atoms with Crippen LogP contribution in [-0.2, 0) is 52.6 Å². The first-order chi connectivity index (χ1) is 47.7. The van der Waals surface area contributed by atoms with E-state index in [1.165, 1.54) is 19.1 Å². The molecule has 7 amide bonds. The Bertz CT molecular complexity index is 4070. The van der Waals surface area contributed by atoms with Gasteiger partial charge in [0.05, 0.1) is 54.7 Å². The van der Waals surface area contributed by atoms with Gasteiger partial charge in [-0.1, -0.05) is 55.2 Å². The van der Waals surface area contributed by atoms with Gasteiger partial charge in [-0.3, -0.25) is 33.6 Å². The predicted molar refractivity (Wildman–Crippen MR) is 344 cm³/mol. The summed E-state index contributed by atoms with van der Waals surface area (Å²) in [5.41, 5.74) is 5.75. The van der Waals surface area contributed by atoms with Crippen LogP contribution in [0.2, 0.25) is 10.0 Å². The number of aromatic hydroxyl groups is 3. The number of nitrogens with one attached hydrogen (secondary N) is 6. The number of aliphatic hydroxyl groups is 6. The second-order valence-electron chi connectivity index (χ2n) is 25.9. The largest absolute Gasteiger partial charge is 0.548 e. The molecule has 11 bridgehead atoms. The number of rotatable bonds is 13. The number of phenols is 3. The van der Waals surface area contributed by atoms with Gasteiger partial charge in [0.2, 0.25) is 47.5 Å². The Labute approximate surface area is 584 Å². The number of carboxylic acid groups (broad SMARTS) is 1. The van der Waals surface area contributed by atoms with E-state index in [0.29, 0.717) is 0 Å². The molecule has 0 aliphatic carbocycles. The maximum absolute atomic E-state index is 16.0. The van der Waals surface area contributed by atoms with Gasteiger partial charge in [-0.05, 0) is 102 Å². The predicted octanol–water partition coefficient (Wildman–Crippen LogP) is -2.97. The molecule has 35 heteroatoms. The van der Waals surface area contributed by atoms with E-state index in [2.05, 4.69) is 37.6 Å². The molecule has 2 saturated heterocycles. The molecule has 5 aromatic carbocycles. The number of hydrogen-bond donors (Lipinski definition) is 18. The number of carbonyl (C=O) groups excluding carboxylic acids is 8. The number of nitrogens with two attached hydrogens (primary N) is 2. The number of halogens is 2. The Morgan fingerprint density at radius 1 is 0.743 bits per heavy atom.